The molecular formula is C37H41ClN4O3. The molecule has 0 aromatic heterocycles. The number of hydrogen-bond donors (Lipinski definition) is 2. The Balaban J connectivity index is 1.48. The predicted molar refractivity (Wildman–Crippen MR) is 180 cm³/mol. The molecule has 0 unspecified atom stereocenters. The number of carbonyl (C=O) groups excluding carboxylic acids is 2. The van der Waals surface area contributed by atoms with Gasteiger partial charge in [0.05, 0.1) is 11.8 Å². The normalized spacial score (nSPS) is 21.8. The van der Waals surface area contributed by atoms with Crippen LogP contribution in [0.25, 0.3) is 5.57 Å². The molecule has 7 nitrogen and oxygen atoms in total. The first-order valence-corrected chi connectivity index (χ1v) is 16.0. The van der Waals surface area contributed by atoms with Gasteiger partial charge in [-0.15, -0.1) is 0 Å². The maximum atomic E-state index is 14.5. The molecule has 1 atom stereocenters. The van der Waals surface area contributed by atoms with E-state index in [4.69, 9.17) is 16.6 Å². The number of aliphatic hydroxyl groups is 1. The van der Waals surface area contributed by atoms with E-state index in [2.05, 4.69) is 56.2 Å². The monoisotopic (exact) mass is 624 g/mol. The Morgan fingerprint density at radius 3 is 2.49 bits per heavy atom. The number of rotatable bonds is 9. The Kier molecular flexibility index (Phi) is 9.36. The molecule has 2 amide bonds. The molecule has 2 aromatic carbocycles. The van der Waals surface area contributed by atoms with Crippen LogP contribution in [0.3, 0.4) is 0 Å². The number of aliphatic hydroxyl groups excluding tert-OH is 1. The van der Waals surface area contributed by atoms with Crippen molar-refractivity contribution in [3.8, 4) is 0 Å². The average Bonchev–Trinajstić information content (AvgIpc) is 3.28. The molecule has 45 heavy (non-hydrogen) atoms. The Bertz CT molecular complexity index is 1660. The number of hydrogen-bond acceptors (Lipinski definition) is 5. The van der Waals surface area contributed by atoms with Gasteiger partial charge in [0, 0.05) is 35.5 Å². The third kappa shape index (κ3) is 6.92. The lowest BCUT2D eigenvalue weighted by atomic mass is 9.69. The number of nitrogens with zero attached hydrogens (tertiary/aromatic N) is 3. The van der Waals surface area contributed by atoms with E-state index >= 15 is 0 Å². The minimum atomic E-state index is -0.645. The molecule has 0 radical (unpaired) electrons. The summed E-state index contributed by atoms with van der Waals surface area (Å²) >= 11 is 6.13. The van der Waals surface area contributed by atoms with Gasteiger partial charge >= 0.3 is 0 Å². The van der Waals surface area contributed by atoms with Gasteiger partial charge in [-0.25, -0.2) is 0 Å². The molecule has 0 bridgehead atoms. The summed E-state index contributed by atoms with van der Waals surface area (Å²) in [5, 5.41) is 12.4. The van der Waals surface area contributed by atoms with Crippen molar-refractivity contribution in [3.05, 3.63) is 100 Å². The molecule has 1 saturated carbocycles. The number of carbonyl (C=O) groups is 2. The number of allylic oxidation sites excluding steroid dienone is 2. The van der Waals surface area contributed by atoms with Gasteiger partial charge in [-0.3, -0.25) is 14.6 Å². The van der Waals surface area contributed by atoms with Crippen LogP contribution in [-0.2, 0) is 4.79 Å². The summed E-state index contributed by atoms with van der Waals surface area (Å²) in [6.45, 7) is 12.7. The minimum absolute atomic E-state index is 0.0316. The van der Waals surface area contributed by atoms with Crippen LogP contribution in [0, 0.1) is 11.3 Å². The molecule has 2 heterocycles. The number of aliphatic imine (C=N–C) groups is 2. The van der Waals surface area contributed by atoms with Gasteiger partial charge in [-0.1, -0.05) is 76.2 Å². The summed E-state index contributed by atoms with van der Waals surface area (Å²) in [7, 11) is 0. The summed E-state index contributed by atoms with van der Waals surface area (Å²) in [4.78, 5) is 38.5. The summed E-state index contributed by atoms with van der Waals surface area (Å²) in [6, 6.07) is 15.0. The second kappa shape index (κ2) is 13.1. The number of amides is 2. The fraction of sp³-hybridized carbons (Fsp3) is 0.405. The Labute approximate surface area is 270 Å². The molecule has 2 aromatic rings. The molecule has 1 fully saturated rings. The second-order valence-electron chi connectivity index (χ2n) is 13.2. The highest BCUT2D eigenvalue weighted by molar-refractivity contribution is 6.47. The lowest BCUT2D eigenvalue weighted by Gasteiger charge is -2.47. The Morgan fingerprint density at radius 1 is 1.18 bits per heavy atom. The van der Waals surface area contributed by atoms with E-state index in [0.717, 1.165) is 47.9 Å². The van der Waals surface area contributed by atoms with Gasteiger partial charge in [-0.05, 0) is 84.6 Å². The SMILES string of the molecule is C=C(O)CCNC(=O)c1ccc([C@@H](CC)N2C(=O)C(c3cccc(C4=C=C=NC(Cl)=C4)c3)=NC23CCC(C(C)(C)C)CC3)cc1. The van der Waals surface area contributed by atoms with Crippen LogP contribution >= 0.6 is 11.6 Å². The maximum Gasteiger partial charge on any atom is 0.275 e. The fourth-order valence-corrected chi connectivity index (χ4v) is 6.85. The molecule has 0 saturated heterocycles. The zero-order valence-corrected chi connectivity index (χ0v) is 27.2. The quantitative estimate of drug-likeness (QED) is 0.169. The average molecular weight is 625 g/mol. The fourth-order valence-electron chi connectivity index (χ4n) is 6.70. The molecule has 5 rings (SSSR count). The molecule has 1 spiro atoms. The van der Waals surface area contributed by atoms with Crippen molar-refractivity contribution in [2.45, 2.75) is 77.9 Å². The minimum Gasteiger partial charge on any atom is -0.513 e. The summed E-state index contributed by atoms with van der Waals surface area (Å²) in [5.74, 6) is 2.99. The maximum absolute atomic E-state index is 14.5. The first-order valence-electron chi connectivity index (χ1n) is 15.7. The largest absolute Gasteiger partial charge is 0.513 e. The lowest BCUT2D eigenvalue weighted by molar-refractivity contribution is -0.133. The zero-order valence-electron chi connectivity index (χ0n) is 26.5. The van der Waals surface area contributed by atoms with Gasteiger partial charge in [-0.2, -0.15) is 4.99 Å². The lowest BCUT2D eigenvalue weighted by Crippen LogP contribution is -2.51. The van der Waals surface area contributed by atoms with Crippen molar-refractivity contribution in [2.75, 3.05) is 6.54 Å². The predicted octanol–water partition coefficient (Wildman–Crippen LogP) is 7.90. The smallest absolute Gasteiger partial charge is 0.275 e. The Hall–Kier alpha value is -4.15. The molecular weight excluding hydrogens is 584 g/mol. The highest BCUT2D eigenvalue weighted by atomic mass is 35.5. The van der Waals surface area contributed by atoms with E-state index in [9.17, 15) is 14.7 Å². The van der Waals surface area contributed by atoms with E-state index < -0.39 is 5.66 Å². The molecule has 8 heteroatoms. The third-order valence-corrected chi connectivity index (χ3v) is 9.41. The van der Waals surface area contributed by atoms with Crippen LogP contribution in [0.4, 0.5) is 0 Å². The van der Waals surface area contributed by atoms with Crippen LogP contribution in [0.2, 0.25) is 0 Å². The third-order valence-electron chi connectivity index (χ3n) is 9.22. The first kappa shape index (κ1) is 32.2. The number of halogens is 1. The first-order chi connectivity index (χ1) is 21.4. The topological polar surface area (TPSA) is 94.4 Å². The summed E-state index contributed by atoms with van der Waals surface area (Å²) < 4.78 is 0. The van der Waals surface area contributed by atoms with Gasteiger partial charge in [0.1, 0.15) is 16.5 Å². The summed E-state index contributed by atoms with van der Waals surface area (Å²) in [6.07, 6.45) is 6.29. The van der Waals surface area contributed by atoms with Crippen molar-refractivity contribution in [1.29, 1.82) is 0 Å². The van der Waals surface area contributed by atoms with Crippen LogP contribution in [0.1, 0.15) is 99.3 Å². The van der Waals surface area contributed by atoms with Crippen LogP contribution in [0.15, 0.2) is 87.8 Å². The molecule has 3 aliphatic rings. The van der Waals surface area contributed by atoms with Crippen LogP contribution in [-0.4, -0.2) is 45.6 Å². The highest BCUT2D eigenvalue weighted by Crippen LogP contribution is 2.49. The standard InChI is InChI=1S/C37H41ClN4O3/c1-6-31(25-10-12-26(13-11-25)34(44)40-20-16-24(2)43)42-35(45)33(41-37(42)18-14-30(15-19-37)36(3,4)5)29-9-7-8-27(22-29)28-17-21-39-32(38)23-28/h7-13,22-23,30-31,43H,2,6,14-16,18-20H2,1,3-5H3,(H,40,44)/t30?,31-,37?/m1/s1. The molecule has 2 aliphatic heterocycles. The van der Waals surface area contributed by atoms with E-state index in [1.54, 1.807) is 18.2 Å². The van der Waals surface area contributed by atoms with Crippen LogP contribution in [0.5, 0.6) is 0 Å². The van der Waals surface area contributed by atoms with E-state index in [0.29, 0.717) is 41.7 Å². The van der Waals surface area contributed by atoms with Crippen molar-refractivity contribution in [3.63, 3.8) is 0 Å². The van der Waals surface area contributed by atoms with E-state index in [-0.39, 0.29) is 29.0 Å². The van der Waals surface area contributed by atoms with Gasteiger partial charge in [0.25, 0.3) is 11.8 Å². The van der Waals surface area contributed by atoms with Crippen molar-refractivity contribution in [2.24, 2.45) is 21.3 Å². The van der Waals surface area contributed by atoms with Gasteiger partial charge in [0.15, 0.2) is 0 Å². The zero-order chi connectivity index (χ0) is 32.4. The van der Waals surface area contributed by atoms with Crippen molar-refractivity contribution in [1.82, 2.24) is 10.2 Å². The van der Waals surface area contributed by atoms with Crippen molar-refractivity contribution < 1.29 is 14.7 Å². The number of benzene rings is 2. The number of nitrogens with one attached hydrogen (secondary N) is 1. The van der Waals surface area contributed by atoms with Gasteiger partial charge < -0.3 is 15.3 Å². The van der Waals surface area contributed by atoms with E-state index in [1.165, 1.54) is 0 Å². The van der Waals surface area contributed by atoms with Crippen LogP contribution < -0.4 is 5.32 Å². The molecule has 2 N–H and O–H groups in total. The molecule has 1 aliphatic carbocycles. The highest BCUT2D eigenvalue weighted by Gasteiger charge is 2.52. The Morgan fingerprint density at radius 2 is 1.87 bits per heavy atom. The van der Waals surface area contributed by atoms with E-state index in [1.807, 2.05) is 41.3 Å². The summed E-state index contributed by atoms with van der Waals surface area (Å²) in [5.41, 5.74) is 6.86. The second-order valence-corrected chi connectivity index (χ2v) is 13.6. The van der Waals surface area contributed by atoms with Gasteiger partial charge in [0.2, 0.25) is 0 Å². The molecule has 234 valence electrons. The van der Waals surface area contributed by atoms with Crippen molar-refractivity contribution >= 4 is 40.6 Å².